The molecular weight excluding hydrogens is 270 g/mol. The third kappa shape index (κ3) is 2.74. The molecule has 6 heteroatoms. The lowest BCUT2D eigenvalue weighted by molar-refractivity contribution is 0.0687. The fraction of sp³-hybridized carbons (Fsp3) is 0. The number of aromatic amines is 1. The van der Waals surface area contributed by atoms with E-state index in [-0.39, 0.29) is 11.6 Å². The average molecular weight is 281 g/mol. The van der Waals surface area contributed by atoms with E-state index in [9.17, 15) is 4.79 Å². The van der Waals surface area contributed by atoms with E-state index in [2.05, 4.69) is 15.4 Å². The van der Waals surface area contributed by atoms with Gasteiger partial charge >= 0.3 is 5.97 Å². The number of carboxylic acids is 1. The second-order valence-corrected chi connectivity index (χ2v) is 4.29. The molecule has 3 rings (SSSR count). The van der Waals surface area contributed by atoms with Crippen LogP contribution >= 0.6 is 0 Å². The number of benzene rings is 2. The monoisotopic (exact) mass is 281 g/mol. The Balaban J connectivity index is 1.90. The van der Waals surface area contributed by atoms with E-state index in [0.29, 0.717) is 5.75 Å². The first-order valence-electron chi connectivity index (χ1n) is 6.22. The highest BCUT2D eigenvalue weighted by Crippen LogP contribution is 2.27. The quantitative estimate of drug-likeness (QED) is 0.767. The number of H-pyrrole nitrogens is 1. The summed E-state index contributed by atoms with van der Waals surface area (Å²) in [5.74, 6) is -0.685. The number of carboxylic acid groups (broad SMARTS) is 1. The molecule has 0 saturated carbocycles. The molecule has 0 saturated heterocycles. The molecule has 0 spiro atoms. The molecule has 0 radical (unpaired) electrons. The minimum absolute atomic E-state index is 0.00714. The highest BCUT2D eigenvalue weighted by atomic mass is 16.5. The lowest BCUT2D eigenvalue weighted by Gasteiger charge is -2.06. The summed E-state index contributed by atoms with van der Waals surface area (Å²) in [5, 5.41) is 18.3. The van der Waals surface area contributed by atoms with Gasteiger partial charge in [0.25, 0.3) is 5.88 Å². The normalized spacial score (nSPS) is 10.3. The van der Waals surface area contributed by atoms with Crippen LogP contribution in [-0.4, -0.2) is 26.5 Å². The van der Waals surface area contributed by atoms with E-state index in [1.807, 2.05) is 48.5 Å². The van der Waals surface area contributed by atoms with Gasteiger partial charge in [0.05, 0.1) is 0 Å². The maximum Gasteiger partial charge on any atom is 0.362 e. The Morgan fingerprint density at radius 1 is 1.05 bits per heavy atom. The molecule has 1 aromatic heterocycles. The standard InChI is InChI=1S/C15H11N3O3/c19-15(20)13-14(17-18-16-13)21-12-8-4-7-11(9-12)10-5-2-1-3-6-10/h1-9H,(H,19,20)(H,16,17,18). The van der Waals surface area contributed by atoms with Crippen molar-refractivity contribution in [1.82, 2.24) is 15.4 Å². The molecule has 0 bridgehead atoms. The van der Waals surface area contributed by atoms with Gasteiger partial charge in [0.1, 0.15) is 5.75 Å². The molecule has 0 atom stereocenters. The summed E-state index contributed by atoms with van der Waals surface area (Å²) in [6.45, 7) is 0. The maximum absolute atomic E-state index is 11.0. The second kappa shape index (κ2) is 5.46. The molecule has 0 unspecified atom stereocenters. The van der Waals surface area contributed by atoms with Crippen LogP contribution in [0.15, 0.2) is 54.6 Å². The molecule has 6 nitrogen and oxygen atoms in total. The number of nitrogens with one attached hydrogen (secondary N) is 1. The third-order valence-corrected chi connectivity index (χ3v) is 2.88. The summed E-state index contributed by atoms with van der Waals surface area (Å²) >= 11 is 0. The van der Waals surface area contributed by atoms with Gasteiger partial charge in [0.2, 0.25) is 5.69 Å². The van der Waals surface area contributed by atoms with Crippen LogP contribution in [-0.2, 0) is 0 Å². The van der Waals surface area contributed by atoms with E-state index in [1.54, 1.807) is 6.07 Å². The van der Waals surface area contributed by atoms with Gasteiger partial charge in [-0.05, 0) is 23.3 Å². The van der Waals surface area contributed by atoms with Crippen molar-refractivity contribution in [3.8, 4) is 22.8 Å². The van der Waals surface area contributed by atoms with Gasteiger partial charge in [-0.1, -0.05) is 47.7 Å². The predicted molar refractivity (Wildman–Crippen MR) is 75.3 cm³/mol. The zero-order chi connectivity index (χ0) is 14.7. The van der Waals surface area contributed by atoms with E-state index in [1.165, 1.54) is 0 Å². The van der Waals surface area contributed by atoms with Gasteiger partial charge in [0, 0.05) is 0 Å². The molecule has 2 aromatic carbocycles. The Kier molecular flexibility index (Phi) is 3.34. The van der Waals surface area contributed by atoms with Crippen molar-refractivity contribution in [2.45, 2.75) is 0 Å². The van der Waals surface area contributed by atoms with Crippen molar-refractivity contribution in [2.75, 3.05) is 0 Å². The van der Waals surface area contributed by atoms with Crippen LogP contribution in [0.5, 0.6) is 11.6 Å². The SMILES string of the molecule is O=C(O)c1nn[nH]c1Oc1cccc(-c2ccccc2)c1. The van der Waals surface area contributed by atoms with E-state index >= 15 is 0 Å². The molecule has 0 aliphatic heterocycles. The van der Waals surface area contributed by atoms with Gasteiger partial charge in [0.15, 0.2) is 0 Å². The molecule has 0 amide bonds. The Bertz CT molecular complexity index is 769. The number of aromatic nitrogens is 3. The molecule has 2 N–H and O–H groups in total. The summed E-state index contributed by atoms with van der Waals surface area (Å²) in [6.07, 6.45) is 0. The molecule has 21 heavy (non-hydrogen) atoms. The lowest BCUT2D eigenvalue weighted by Crippen LogP contribution is -1.99. The highest BCUT2D eigenvalue weighted by Gasteiger charge is 2.16. The van der Waals surface area contributed by atoms with E-state index in [4.69, 9.17) is 9.84 Å². The first kappa shape index (κ1) is 12.9. The Labute approximate surface area is 120 Å². The maximum atomic E-state index is 11.0. The Morgan fingerprint density at radius 2 is 1.81 bits per heavy atom. The van der Waals surface area contributed by atoms with Crippen LogP contribution in [0.2, 0.25) is 0 Å². The van der Waals surface area contributed by atoms with Crippen molar-refractivity contribution in [1.29, 1.82) is 0 Å². The number of ether oxygens (including phenoxy) is 1. The molecule has 0 fully saturated rings. The van der Waals surface area contributed by atoms with Gasteiger partial charge in [-0.2, -0.15) is 0 Å². The van der Waals surface area contributed by atoms with Crippen LogP contribution < -0.4 is 4.74 Å². The smallest absolute Gasteiger partial charge is 0.362 e. The van der Waals surface area contributed by atoms with Gasteiger partial charge in [-0.3, -0.25) is 0 Å². The number of hydrogen-bond acceptors (Lipinski definition) is 4. The van der Waals surface area contributed by atoms with Gasteiger partial charge in [-0.25, -0.2) is 9.89 Å². The summed E-state index contributed by atoms with van der Waals surface area (Å²) in [6, 6.07) is 17.2. The molecule has 3 aromatic rings. The molecule has 0 aliphatic carbocycles. The van der Waals surface area contributed by atoms with Crippen molar-refractivity contribution >= 4 is 5.97 Å². The minimum atomic E-state index is -1.20. The number of hydrogen-bond donors (Lipinski definition) is 2. The van der Waals surface area contributed by atoms with Crippen molar-refractivity contribution < 1.29 is 14.6 Å². The zero-order valence-electron chi connectivity index (χ0n) is 10.9. The van der Waals surface area contributed by atoms with Crippen LogP contribution in [0.25, 0.3) is 11.1 Å². The summed E-state index contributed by atoms with van der Waals surface area (Å²) in [4.78, 5) is 11.0. The van der Waals surface area contributed by atoms with Crippen molar-refractivity contribution in [3.63, 3.8) is 0 Å². The van der Waals surface area contributed by atoms with Crippen LogP contribution in [0.1, 0.15) is 10.5 Å². The van der Waals surface area contributed by atoms with Crippen molar-refractivity contribution in [2.24, 2.45) is 0 Å². The topological polar surface area (TPSA) is 88.1 Å². The number of rotatable bonds is 4. The predicted octanol–water partition coefficient (Wildman–Crippen LogP) is 2.96. The highest BCUT2D eigenvalue weighted by molar-refractivity contribution is 5.87. The van der Waals surface area contributed by atoms with E-state index in [0.717, 1.165) is 11.1 Å². The largest absolute Gasteiger partial charge is 0.476 e. The molecular formula is C15H11N3O3. The minimum Gasteiger partial charge on any atom is -0.476 e. The molecule has 1 heterocycles. The summed E-state index contributed by atoms with van der Waals surface area (Å²) in [5.41, 5.74) is 1.77. The average Bonchev–Trinajstić information content (AvgIpc) is 2.97. The Hall–Kier alpha value is -3.15. The fourth-order valence-electron chi connectivity index (χ4n) is 1.92. The van der Waals surface area contributed by atoms with Crippen molar-refractivity contribution in [3.05, 3.63) is 60.3 Å². The first-order chi connectivity index (χ1) is 10.2. The van der Waals surface area contributed by atoms with E-state index < -0.39 is 5.97 Å². The summed E-state index contributed by atoms with van der Waals surface area (Å²) in [7, 11) is 0. The van der Waals surface area contributed by atoms with Crippen LogP contribution in [0.4, 0.5) is 0 Å². The van der Waals surface area contributed by atoms with Crippen LogP contribution in [0, 0.1) is 0 Å². The fourth-order valence-corrected chi connectivity index (χ4v) is 1.92. The van der Waals surface area contributed by atoms with Gasteiger partial charge < -0.3 is 9.84 Å². The second-order valence-electron chi connectivity index (χ2n) is 4.29. The molecule has 104 valence electrons. The number of nitrogens with zero attached hydrogens (tertiary/aromatic N) is 2. The van der Waals surface area contributed by atoms with Crippen LogP contribution in [0.3, 0.4) is 0 Å². The summed E-state index contributed by atoms with van der Waals surface area (Å²) < 4.78 is 5.51. The first-order valence-corrected chi connectivity index (χ1v) is 6.22. The Morgan fingerprint density at radius 3 is 2.57 bits per heavy atom. The van der Waals surface area contributed by atoms with Gasteiger partial charge in [-0.15, -0.1) is 5.10 Å². The lowest BCUT2D eigenvalue weighted by atomic mass is 10.1. The number of aromatic carboxylic acids is 1. The number of carbonyl (C=O) groups is 1. The zero-order valence-corrected chi connectivity index (χ0v) is 10.9. The molecule has 0 aliphatic rings. The third-order valence-electron chi connectivity index (χ3n) is 2.88.